The van der Waals surface area contributed by atoms with Gasteiger partial charge in [-0.2, -0.15) is 13.2 Å². The van der Waals surface area contributed by atoms with Crippen LogP contribution < -0.4 is 0 Å². The molecule has 0 aliphatic heterocycles. The lowest BCUT2D eigenvalue weighted by Gasteiger charge is -2.56. The molecule has 0 amide bonds. The third kappa shape index (κ3) is 2.78. The normalized spacial score (nSPS) is 51.3. The maximum atomic E-state index is 13.2. The van der Waals surface area contributed by atoms with Crippen molar-refractivity contribution >= 4 is 0 Å². The Bertz CT molecular complexity index is 564. The molecule has 4 saturated carbocycles. The molecule has 0 N–H and O–H groups in total. The molecule has 6 unspecified atom stereocenters. The topological polar surface area (TPSA) is 0 Å². The van der Waals surface area contributed by atoms with Crippen LogP contribution in [0.1, 0.15) is 72.1 Å². The van der Waals surface area contributed by atoms with Gasteiger partial charge in [-0.1, -0.05) is 26.0 Å². The molecule has 0 bridgehead atoms. The zero-order valence-electron chi connectivity index (χ0n) is 16.6. The predicted octanol–water partition coefficient (Wildman–Crippen LogP) is 7.26. The summed E-state index contributed by atoms with van der Waals surface area (Å²) in [6, 6.07) is 0. The van der Waals surface area contributed by atoms with Crippen molar-refractivity contribution in [1.29, 1.82) is 0 Å². The first kappa shape index (κ1) is 18.9. The van der Waals surface area contributed by atoms with Crippen molar-refractivity contribution in [3.8, 4) is 0 Å². The molecule has 26 heavy (non-hydrogen) atoms. The molecule has 0 spiro atoms. The average Bonchev–Trinajstić information content (AvgIpc) is 2.83. The summed E-state index contributed by atoms with van der Waals surface area (Å²) in [6.45, 7) is 11.4. The van der Waals surface area contributed by atoms with Crippen LogP contribution in [-0.2, 0) is 0 Å². The van der Waals surface area contributed by atoms with E-state index in [1.807, 2.05) is 0 Å². The summed E-state index contributed by atoms with van der Waals surface area (Å²) in [5, 5.41) is 0. The van der Waals surface area contributed by atoms with Gasteiger partial charge in [0.2, 0.25) is 0 Å². The number of halogens is 3. The molecule has 3 heteroatoms. The fraction of sp³-hybridized carbons (Fsp3) is 0.913. The van der Waals surface area contributed by atoms with E-state index < -0.39 is 12.1 Å². The van der Waals surface area contributed by atoms with Crippen molar-refractivity contribution in [2.24, 2.45) is 52.8 Å². The summed E-state index contributed by atoms with van der Waals surface area (Å²) >= 11 is 0. The van der Waals surface area contributed by atoms with Gasteiger partial charge in [0.25, 0.3) is 0 Å². The highest BCUT2D eigenvalue weighted by Gasteiger charge is 2.59. The summed E-state index contributed by atoms with van der Waals surface area (Å²) in [5.41, 5.74) is 1.72. The Labute approximate surface area is 157 Å². The lowest BCUT2D eigenvalue weighted by molar-refractivity contribution is -0.196. The molecule has 0 aromatic heterocycles. The van der Waals surface area contributed by atoms with Gasteiger partial charge in [0, 0.05) is 0 Å². The first-order chi connectivity index (χ1) is 12.1. The minimum atomic E-state index is -3.98. The van der Waals surface area contributed by atoms with Gasteiger partial charge in [0.05, 0.1) is 5.92 Å². The van der Waals surface area contributed by atoms with E-state index >= 15 is 0 Å². The van der Waals surface area contributed by atoms with Crippen molar-refractivity contribution in [3.63, 3.8) is 0 Å². The van der Waals surface area contributed by atoms with Crippen molar-refractivity contribution in [2.45, 2.75) is 78.3 Å². The number of hydrogen-bond donors (Lipinski definition) is 0. The monoisotopic (exact) mass is 368 g/mol. The predicted molar refractivity (Wildman–Crippen MR) is 99.5 cm³/mol. The molecule has 0 aromatic carbocycles. The SMILES string of the molecule is C=C(C)C1[C@H](C)CC2[C@@H]3CCC4CC(C(F)(F)F)CCC4C3CC[C@@]21C. The molecule has 4 aliphatic carbocycles. The lowest BCUT2D eigenvalue weighted by Crippen LogP contribution is -2.49. The molecule has 4 rings (SSSR count). The number of rotatable bonds is 1. The first-order valence-corrected chi connectivity index (χ1v) is 10.8. The zero-order chi connectivity index (χ0) is 18.9. The molecule has 0 saturated heterocycles. The second-order valence-electron chi connectivity index (χ2n) is 10.6. The zero-order valence-corrected chi connectivity index (χ0v) is 16.6. The summed E-state index contributed by atoms with van der Waals surface area (Å²) in [6.07, 6.45) is 3.63. The smallest absolute Gasteiger partial charge is 0.171 e. The maximum Gasteiger partial charge on any atom is 0.391 e. The van der Waals surface area contributed by atoms with Gasteiger partial charge >= 0.3 is 6.18 Å². The van der Waals surface area contributed by atoms with E-state index in [0.717, 1.165) is 24.7 Å². The summed E-state index contributed by atoms with van der Waals surface area (Å²) in [7, 11) is 0. The lowest BCUT2D eigenvalue weighted by atomic mass is 9.49. The third-order valence-corrected chi connectivity index (χ3v) is 9.29. The number of alkyl halides is 3. The second-order valence-corrected chi connectivity index (χ2v) is 10.6. The molecule has 148 valence electrons. The molecule has 0 radical (unpaired) electrons. The van der Waals surface area contributed by atoms with Crippen LogP contribution in [0.3, 0.4) is 0 Å². The molecule has 9 atom stereocenters. The Hall–Kier alpha value is -0.470. The molecular formula is C23H35F3. The van der Waals surface area contributed by atoms with E-state index in [1.165, 1.54) is 31.3 Å². The molecule has 0 nitrogen and oxygen atoms in total. The summed E-state index contributed by atoms with van der Waals surface area (Å²) in [4.78, 5) is 0. The Balaban J connectivity index is 1.53. The van der Waals surface area contributed by atoms with Gasteiger partial charge in [-0.05, 0) is 105 Å². The van der Waals surface area contributed by atoms with Gasteiger partial charge < -0.3 is 0 Å². The first-order valence-electron chi connectivity index (χ1n) is 10.8. The van der Waals surface area contributed by atoms with E-state index in [1.54, 1.807) is 0 Å². The summed E-state index contributed by atoms with van der Waals surface area (Å²) < 4.78 is 39.6. The number of fused-ring (bicyclic) bond motifs is 5. The van der Waals surface area contributed by atoms with Crippen molar-refractivity contribution in [1.82, 2.24) is 0 Å². The fourth-order valence-electron chi connectivity index (χ4n) is 8.56. The van der Waals surface area contributed by atoms with Gasteiger partial charge in [-0.25, -0.2) is 0 Å². The van der Waals surface area contributed by atoms with Crippen molar-refractivity contribution in [3.05, 3.63) is 12.2 Å². The Kier molecular flexibility index (Phi) is 4.55. The third-order valence-electron chi connectivity index (χ3n) is 9.29. The van der Waals surface area contributed by atoms with Gasteiger partial charge in [0.15, 0.2) is 0 Å². The highest BCUT2D eigenvalue weighted by atomic mass is 19.4. The number of hydrogen-bond acceptors (Lipinski definition) is 0. The molecule has 0 heterocycles. The highest BCUT2D eigenvalue weighted by molar-refractivity contribution is 5.15. The Morgan fingerprint density at radius 2 is 1.65 bits per heavy atom. The number of allylic oxidation sites excluding steroid dienone is 1. The van der Waals surface area contributed by atoms with Crippen LogP contribution in [-0.4, -0.2) is 6.18 Å². The van der Waals surface area contributed by atoms with Crippen molar-refractivity contribution in [2.75, 3.05) is 0 Å². The molecule has 4 fully saturated rings. The van der Waals surface area contributed by atoms with E-state index in [4.69, 9.17) is 0 Å². The van der Waals surface area contributed by atoms with Crippen molar-refractivity contribution < 1.29 is 13.2 Å². The van der Waals surface area contributed by atoms with E-state index in [9.17, 15) is 13.2 Å². The minimum absolute atomic E-state index is 0.330. The van der Waals surface area contributed by atoms with Crippen LogP contribution in [0.15, 0.2) is 12.2 Å². The van der Waals surface area contributed by atoms with Crippen LogP contribution in [0.2, 0.25) is 0 Å². The van der Waals surface area contributed by atoms with Crippen LogP contribution in [0, 0.1) is 52.8 Å². The van der Waals surface area contributed by atoms with E-state index in [-0.39, 0.29) is 0 Å². The minimum Gasteiger partial charge on any atom is -0.171 e. The molecule has 0 aromatic rings. The second kappa shape index (κ2) is 6.27. The average molecular weight is 369 g/mol. The fourth-order valence-corrected chi connectivity index (χ4v) is 8.56. The molecular weight excluding hydrogens is 333 g/mol. The Morgan fingerprint density at radius 3 is 2.31 bits per heavy atom. The van der Waals surface area contributed by atoms with Gasteiger partial charge in [0.1, 0.15) is 0 Å². The highest BCUT2D eigenvalue weighted by Crippen LogP contribution is 2.66. The maximum absolute atomic E-state index is 13.2. The summed E-state index contributed by atoms with van der Waals surface area (Å²) in [5.74, 6) is 3.41. The Morgan fingerprint density at radius 1 is 0.962 bits per heavy atom. The van der Waals surface area contributed by atoms with E-state index in [2.05, 4.69) is 27.4 Å². The quantitative estimate of drug-likeness (QED) is 0.427. The molecule has 4 aliphatic rings. The largest absolute Gasteiger partial charge is 0.391 e. The van der Waals surface area contributed by atoms with Crippen LogP contribution in [0.4, 0.5) is 13.2 Å². The van der Waals surface area contributed by atoms with Gasteiger partial charge in [-0.15, -0.1) is 0 Å². The van der Waals surface area contributed by atoms with Crippen LogP contribution in [0.5, 0.6) is 0 Å². The van der Waals surface area contributed by atoms with Gasteiger partial charge in [-0.3, -0.25) is 0 Å². The van der Waals surface area contributed by atoms with Crippen LogP contribution in [0.25, 0.3) is 0 Å². The standard InChI is InChI=1S/C23H35F3/c1-13(2)21-14(3)11-20-19-7-5-15-12-16(23(24,25)26)6-8-17(15)18(19)9-10-22(20,21)4/h14-21H,1,5-12H2,2-4H3/t14-,15?,16?,17?,18?,19-,20?,21?,22+/m1/s1. The van der Waals surface area contributed by atoms with E-state index in [0.29, 0.717) is 47.8 Å². The van der Waals surface area contributed by atoms with Crippen LogP contribution >= 0.6 is 0 Å².